The molecule has 0 aliphatic rings. The average Bonchev–Trinajstić information content (AvgIpc) is 2.37. The first-order valence-corrected chi connectivity index (χ1v) is 7.08. The van der Waals surface area contributed by atoms with E-state index in [1.165, 1.54) is 0 Å². The van der Waals surface area contributed by atoms with Crippen molar-refractivity contribution in [3.63, 3.8) is 0 Å². The molecule has 0 saturated carbocycles. The van der Waals surface area contributed by atoms with Crippen LogP contribution in [0.2, 0.25) is 20.1 Å². The number of halogens is 4. The van der Waals surface area contributed by atoms with E-state index in [1.807, 2.05) is 0 Å². The maximum atomic E-state index is 11.8. The summed E-state index contributed by atoms with van der Waals surface area (Å²) in [6, 6.07) is 0. The predicted octanol–water partition coefficient (Wildman–Crippen LogP) is 4.65. The second-order valence-corrected chi connectivity index (χ2v) is 4.96. The van der Waals surface area contributed by atoms with Gasteiger partial charge in [0.05, 0.1) is 44.4 Å². The van der Waals surface area contributed by atoms with Crippen LogP contribution in [0.1, 0.15) is 34.6 Å². The van der Waals surface area contributed by atoms with Crippen molar-refractivity contribution < 1.29 is 19.1 Å². The fourth-order valence-electron chi connectivity index (χ4n) is 1.40. The highest BCUT2D eigenvalue weighted by Gasteiger charge is 2.29. The number of benzene rings is 1. The third-order valence-corrected chi connectivity index (χ3v) is 3.93. The highest BCUT2D eigenvalue weighted by molar-refractivity contribution is 6.53. The first kappa shape index (κ1) is 17.4. The van der Waals surface area contributed by atoms with E-state index in [1.54, 1.807) is 13.8 Å². The lowest BCUT2D eigenvalue weighted by Crippen LogP contribution is -2.12. The van der Waals surface area contributed by atoms with Gasteiger partial charge in [-0.2, -0.15) is 0 Å². The Morgan fingerprint density at radius 2 is 1.10 bits per heavy atom. The van der Waals surface area contributed by atoms with Crippen LogP contribution >= 0.6 is 46.4 Å². The Kier molecular flexibility index (Phi) is 6.40. The van der Waals surface area contributed by atoms with Gasteiger partial charge in [0.2, 0.25) is 0 Å². The SMILES string of the molecule is CCOC(=O)c1c(Cl)c(Cl)c(Cl)c(C(=O)OCC)c1Cl. The van der Waals surface area contributed by atoms with Crippen LogP contribution in [-0.2, 0) is 9.47 Å². The van der Waals surface area contributed by atoms with Crippen molar-refractivity contribution in [2.75, 3.05) is 13.2 Å². The largest absolute Gasteiger partial charge is 0.462 e. The smallest absolute Gasteiger partial charge is 0.341 e. The van der Waals surface area contributed by atoms with Crippen LogP contribution in [0.25, 0.3) is 0 Å². The van der Waals surface area contributed by atoms with E-state index in [-0.39, 0.29) is 44.4 Å². The second kappa shape index (κ2) is 7.36. The van der Waals surface area contributed by atoms with E-state index in [4.69, 9.17) is 55.9 Å². The Bertz CT molecular complexity index is 512. The first-order valence-electron chi connectivity index (χ1n) is 5.56. The Balaban J connectivity index is 3.54. The highest BCUT2D eigenvalue weighted by Crippen LogP contribution is 2.41. The normalized spacial score (nSPS) is 10.3. The summed E-state index contributed by atoms with van der Waals surface area (Å²) >= 11 is 23.8. The number of hydrogen-bond donors (Lipinski definition) is 0. The average molecular weight is 360 g/mol. The molecule has 0 spiro atoms. The summed E-state index contributed by atoms with van der Waals surface area (Å²) < 4.78 is 9.64. The molecule has 0 aliphatic heterocycles. The van der Waals surface area contributed by atoms with Gasteiger partial charge in [-0.1, -0.05) is 46.4 Å². The van der Waals surface area contributed by atoms with Crippen molar-refractivity contribution >= 4 is 58.3 Å². The molecule has 0 unspecified atom stereocenters. The first-order chi connectivity index (χ1) is 9.36. The molecule has 0 N–H and O–H groups in total. The molecule has 20 heavy (non-hydrogen) atoms. The molecule has 1 rings (SSSR count). The van der Waals surface area contributed by atoms with Gasteiger partial charge < -0.3 is 9.47 Å². The minimum absolute atomic E-state index is 0.112. The molecule has 0 aliphatic carbocycles. The third kappa shape index (κ3) is 3.31. The number of ether oxygens (including phenoxy) is 2. The van der Waals surface area contributed by atoms with E-state index in [0.717, 1.165) is 0 Å². The second-order valence-electron chi connectivity index (χ2n) is 3.45. The summed E-state index contributed by atoms with van der Waals surface area (Å²) in [5.74, 6) is -1.60. The van der Waals surface area contributed by atoms with E-state index in [2.05, 4.69) is 0 Å². The molecule has 0 amide bonds. The molecule has 0 radical (unpaired) electrons. The summed E-state index contributed by atoms with van der Waals surface area (Å²) in [6.07, 6.45) is 0. The molecule has 0 heterocycles. The minimum atomic E-state index is -0.799. The summed E-state index contributed by atoms with van der Waals surface area (Å²) in [4.78, 5) is 23.7. The maximum Gasteiger partial charge on any atom is 0.341 e. The zero-order valence-electron chi connectivity index (χ0n) is 10.6. The standard InChI is InChI=1S/C12H10Cl4O4/c1-3-19-11(17)5-7(13)6(12(18)20-4-2)9(15)10(16)8(5)14/h3-4H2,1-2H3. The van der Waals surface area contributed by atoms with Crippen molar-refractivity contribution in [2.45, 2.75) is 13.8 Å². The number of hydrogen-bond acceptors (Lipinski definition) is 4. The molecule has 8 heteroatoms. The molecule has 0 bridgehead atoms. The van der Waals surface area contributed by atoms with Crippen molar-refractivity contribution in [1.29, 1.82) is 0 Å². The van der Waals surface area contributed by atoms with E-state index in [9.17, 15) is 9.59 Å². The molecule has 1 aromatic carbocycles. The summed E-state index contributed by atoms with van der Waals surface area (Å²) in [7, 11) is 0. The zero-order chi connectivity index (χ0) is 15.4. The van der Waals surface area contributed by atoms with Gasteiger partial charge in [-0.15, -0.1) is 0 Å². The molecular formula is C12H10Cl4O4. The maximum absolute atomic E-state index is 11.8. The Hall–Kier alpha value is -0.680. The topological polar surface area (TPSA) is 52.6 Å². The number of carbonyl (C=O) groups excluding carboxylic acids is 2. The van der Waals surface area contributed by atoms with Crippen molar-refractivity contribution in [3.8, 4) is 0 Å². The molecule has 1 aromatic rings. The van der Waals surface area contributed by atoms with Crippen molar-refractivity contribution in [3.05, 3.63) is 31.2 Å². The Morgan fingerprint density at radius 1 is 0.750 bits per heavy atom. The molecule has 0 aromatic heterocycles. The van der Waals surface area contributed by atoms with Gasteiger partial charge >= 0.3 is 11.9 Å². The molecule has 4 nitrogen and oxygen atoms in total. The summed E-state index contributed by atoms with van der Waals surface area (Å²) in [5.41, 5.74) is -0.430. The van der Waals surface area contributed by atoms with Crippen LogP contribution in [0.3, 0.4) is 0 Å². The van der Waals surface area contributed by atoms with Crippen molar-refractivity contribution in [1.82, 2.24) is 0 Å². The van der Waals surface area contributed by atoms with Gasteiger partial charge in [-0.3, -0.25) is 0 Å². The van der Waals surface area contributed by atoms with Crippen LogP contribution in [0.5, 0.6) is 0 Å². The van der Waals surface area contributed by atoms with E-state index < -0.39 is 11.9 Å². The van der Waals surface area contributed by atoms with Gasteiger partial charge in [0.1, 0.15) is 0 Å². The summed E-state index contributed by atoms with van der Waals surface area (Å²) in [6.45, 7) is 3.45. The summed E-state index contributed by atoms with van der Waals surface area (Å²) in [5, 5.41) is -0.758. The molecular weight excluding hydrogens is 350 g/mol. The van der Waals surface area contributed by atoms with Gasteiger partial charge in [0.25, 0.3) is 0 Å². The van der Waals surface area contributed by atoms with Crippen LogP contribution in [0.15, 0.2) is 0 Å². The van der Waals surface area contributed by atoms with Gasteiger partial charge in [-0.25, -0.2) is 9.59 Å². The minimum Gasteiger partial charge on any atom is -0.462 e. The third-order valence-electron chi connectivity index (χ3n) is 2.22. The molecule has 0 saturated heterocycles. The Morgan fingerprint density at radius 3 is 1.40 bits per heavy atom. The highest BCUT2D eigenvalue weighted by atomic mass is 35.5. The van der Waals surface area contributed by atoms with Gasteiger partial charge in [-0.05, 0) is 13.8 Å². The van der Waals surface area contributed by atoms with Crippen LogP contribution in [0, 0.1) is 0 Å². The molecule has 110 valence electrons. The van der Waals surface area contributed by atoms with Crippen LogP contribution in [0.4, 0.5) is 0 Å². The predicted molar refractivity (Wildman–Crippen MR) is 78.4 cm³/mol. The van der Waals surface area contributed by atoms with Gasteiger partial charge in [0, 0.05) is 0 Å². The van der Waals surface area contributed by atoms with Gasteiger partial charge in [0.15, 0.2) is 0 Å². The fraction of sp³-hybridized carbons (Fsp3) is 0.333. The molecule has 0 atom stereocenters. The van der Waals surface area contributed by atoms with E-state index in [0.29, 0.717) is 0 Å². The number of esters is 2. The monoisotopic (exact) mass is 358 g/mol. The number of rotatable bonds is 4. The fourth-order valence-corrected chi connectivity index (χ4v) is 2.61. The lowest BCUT2D eigenvalue weighted by atomic mass is 10.1. The number of carbonyl (C=O) groups is 2. The molecule has 0 fully saturated rings. The lowest BCUT2D eigenvalue weighted by molar-refractivity contribution is 0.0526. The quantitative estimate of drug-likeness (QED) is 0.446. The Labute approximate surface area is 135 Å². The van der Waals surface area contributed by atoms with Crippen LogP contribution in [-0.4, -0.2) is 25.2 Å². The van der Waals surface area contributed by atoms with Crippen molar-refractivity contribution in [2.24, 2.45) is 0 Å². The lowest BCUT2D eigenvalue weighted by Gasteiger charge is -2.14. The zero-order valence-corrected chi connectivity index (χ0v) is 13.6. The van der Waals surface area contributed by atoms with E-state index >= 15 is 0 Å². The van der Waals surface area contributed by atoms with Crippen LogP contribution < -0.4 is 0 Å².